The lowest BCUT2D eigenvalue weighted by Gasteiger charge is -2.34. The van der Waals surface area contributed by atoms with Crippen molar-refractivity contribution in [3.8, 4) is 5.75 Å². The molecule has 8 nitrogen and oxygen atoms in total. The average Bonchev–Trinajstić information content (AvgIpc) is 3.17. The minimum absolute atomic E-state index is 0.0354. The van der Waals surface area contributed by atoms with E-state index in [2.05, 4.69) is 15.5 Å². The third kappa shape index (κ3) is 3.35. The van der Waals surface area contributed by atoms with Crippen LogP contribution in [0.1, 0.15) is 37.7 Å². The number of benzene rings is 1. The average molecular weight is 383 g/mol. The van der Waals surface area contributed by atoms with Gasteiger partial charge in [-0.2, -0.15) is 5.10 Å². The lowest BCUT2D eigenvalue weighted by Crippen LogP contribution is -2.50. The molecule has 2 amide bonds. The van der Waals surface area contributed by atoms with Crippen molar-refractivity contribution in [2.45, 2.75) is 19.9 Å². The van der Waals surface area contributed by atoms with E-state index in [0.717, 1.165) is 29.8 Å². The third-order valence-electron chi connectivity index (χ3n) is 5.52. The molecule has 0 spiro atoms. The second kappa shape index (κ2) is 7.63. The summed E-state index contributed by atoms with van der Waals surface area (Å²) in [6, 6.07) is 5.49. The Morgan fingerprint density at radius 2 is 1.82 bits per heavy atom. The first kappa shape index (κ1) is 18.5. The summed E-state index contributed by atoms with van der Waals surface area (Å²) in [7, 11) is 1.60. The zero-order valence-electron chi connectivity index (χ0n) is 16.2. The van der Waals surface area contributed by atoms with E-state index in [1.54, 1.807) is 23.0 Å². The molecule has 0 aliphatic carbocycles. The van der Waals surface area contributed by atoms with Gasteiger partial charge in [0.15, 0.2) is 5.69 Å². The van der Waals surface area contributed by atoms with Crippen LogP contribution in [-0.4, -0.2) is 71.6 Å². The van der Waals surface area contributed by atoms with Crippen LogP contribution in [0.2, 0.25) is 0 Å². The van der Waals surface area contributed by atoms with Gasteiger partial charge in [0.05, 0.1) is 7.11 Å². The molecule has 2 aliphatic heterocycles. The second-order valence-corrected chi connectivity index (χ2v) is 7.22. The number of aromatic nitrogens is 2. The summed E-state index contributed by atoms with van der Waals surface area (Å²) in [5.41, 5.74) is 4.12. The molecule has 0 bridgehead atoms. The van der Waals surface area contributed by atoms with E-state index in [9.17, 15) is 9.59 Å². The maximum atomic E-state index is 12.9. The Morgan fingerprint density at radius 3 is 2.54 bits per heavy atom. The first-order valence-corrected chi connectivity index (χ1v) is 9.58. The molecule has 3 heterocycles. The number of aryl methyl sites for hydroxylation is 1. The molecule has 4 rings (SSSR count). The van der Waals surface area contributed by atoms with Crippen molar-refractivity contribution in [1.29, 1.82) is 0 Å². The van der Waals surface area contributed by atoms with Crippen molar-refractivity contribution in [2.24, 2.45) is 0 Å². The van der Waals surface area contributed by atoms with E-state index >= 15 is 0 Å². The Morgan fingerprint density at radius 1 is 1.11 bits per heavy atom. The van der Waals surface area contributed by atoms with Crippen LogP contribution in [0, 0.1) is 6.92 Å². The molecule has 8 heteroatoms. The van der Waals surface area contributed by atoms with Crippen LogP contribution in [0.25, 0.3) is 0 Å². The van der Waals surface area contributed by atoms with Gasteiger partial charge in [0.2, 0.25) is 0 Å². The Bertz CT molecular complexity index is 899. The fourth-order valence-corrected chi connectivity index (χ4v) is 3.80. The van der Waals surface area contributed by atoms with Crippen molar-refractivity contribution in [3.05, 3.63) is 46.3 Å². The summed E-state index contributed by atoms with van der Waals surface area (Å²) in [4.78, 5) is 29.3. The van der Waals surface area contributed by atoms with Crippen molar-refractivity contribution >= 4 is 11.8 Å². The van der Waals surface area contributed by atoms with E-state index in [4.69, 9.17) is 4.74 Å². The predicted octanol–water partition coefficient (Wildman–Crippen LogP) is 0.971. The first-order chi connectivity index (χ1) is 13.6. The lowest BCUT2D eigenvalue weighted by molar-refractivity contribution is 0.0531. The normalized spacial score (nSPS) is 16.6. The number of rotatable bonds is 3. The minimum atomic E-state index is -0.0645. The molecular formula is C20H25N5O3. The highest BCUT2D eigenvalue weighted by molar-refractivity contribution is 5.96. The molecular weight excluding hydrogens is 358 g/mol. The number of ether oxygens (including phenoxy) is 1. The number of hydrogen-bond donors (Lipinski definition) is 2. The summed E-state index contributed by atoms with van der Waals surface area (Å²) in [5, 5.41) is 10.5. The molecule has 2 N–H and O–H groups in total. The topological polar surface area (TPSA) is 90.6 Å². The number of amides is 2. The SMILES string of the molecule is COc1cc(C(=O)N2CCN(C(=O)c3n[nH]c4c3CNCC4)CC2)ccc1C. The summed E-state index contributed by atoms with van der Waals surface area (Å²) in [6.45, 7) is 5.53. The highest BCUT2D eigenvalue weighted by Gasteiger charge is 2.29. The van der Waals surface area contributed by atoms with Crippen molar-refractivity contribution in [1.82, 2.24) is 25.3 Å². The van der Waals surface area contributed by atoms with Gasteiger partial charge in [-0.1, -0.05) is 6.07 Å². The van der Waals surface area contributed by atoms with E-state index in [-0.39, 0.29) is 11.8 Å². The molecule has 1 saturated heterocycles. The molecule has 1 aromatic heterocycles. The standard InChI is InChI=1S/C20H25N5O3/c1-13-3-4-14(11-17(13)28-2)19(26)24-7-9-25(10-8-24)20(27)18-15-12-21-6-5-16(15)22-23-18/h3-4,11,21H,5-10,12H2,1-2H3,(H,22,23). The summed E-state index contributed by atoms with van der Waals surface area (Å²) >= 11 is 0. The van der Waals surface area contributed by atoms with Crippen molar-refractivity contribution in [2.75, 3.05) is 39.8 Å². The Hall–Kier alpha value is -2.87. The van der Waals surface area contributed by atoms with Gasteiger partial charge in [-0.3, -0.25) is 14.7 Å². The van der Waals surface area contributed by atoms with E-state index in [1.165, 1.54) is 0 Å². The Labute approximate surface area is 163 Å². The lowest BCUT2D eigenvalue weighted by atomic mass is 10.1. The highest BCUT2D eigenvalue weighted by atomic mass is 16.5. The fourth-order valence-electron chi connectivity index (χ4n) is 3.80. The van der Waals surface area contributed by atoms with Crippen LogP contribution in [0.4, 0.5) is 0 Å². The van der Waals surface area contributed by atoms with Gasteiger partial charge in [-0.15, -0.1) is 0 Å². The second-order valence-electron chi connectivity index (χ2n) is 7.22. The van der Waals surface area contributed by atoms with Crippen LogP contribution in [-0.2, 0) is 13.0 Å². The molecule has 1 fully saturated rings. The van der Waals surface area contributed by atoms with Gasteiger partial charge in [0.25, 0.3) is 11.8 Å². The van der Waals surface area contributed by atoms with Crippen LogP contribution in [0.3, 0.4) is 0 Å². The smallest absolute Gasteiger partial charge is 0.274 e. The number of fused-ring (bicyclic) bond motifs is 1. The van der Waals surface area contributed by atoms with Crippen molar-refractivity contribution < 1.29 is 14.3 Å². The van der Waals surface area contributed by atoms with Crippen LogP contribution in [0.15, 0.2) is 18.2 Å². The number of methoxy groups -OCH3 is 1. The number of piperazine rings is 1. The molecule has 148 valence electrons. The number of H-pyrrole nitrogens is 1. The zero-order chi connectivity index (χ0) is 19.7. The minimum Gasteiger partial charge on any atom is -0.496 e. The van der Waals surface area contributed by atoms with Gasteiger partial charge in [0, 0.05) is 62.5 Å². The number of aromatic amines is 1. The molecule has 0 saturated carbocycles. The highest BCUT2D eigenvalue weighted by Crippen LogP contribution is 2.21. The molecule has 0 unspecified atom stereocenters. The third-order valence-corrected chi connectivity index (χ3v) is 5.52. The molecule has 1 aromatic carbocycles. The molecule has 0 atom stereocenters. The number of hydrogen-bond acceptors (Lipinski definition) is 5. The number of carbonyl (C=O) groups excluding carboxylic acids is 2. The Kier molecular flexibility index (Phi) is 5.04. The van der Waals surface area contributed by atoms with Gasteiger partial charge < -0.3 is 19.9 Å². The number of nitrogens with zero attached hydrogens (tertiary/aromatic N) is 3. The van der Waals surface area contributed by atoms with Gasteiger partial charge in [-0.25, -0.2) is 0 Å². The van der Waals surface area contributed by atoms with Crippen LogP contribution >= 0.6 is 0 Å². The van der Waals surface area contributed by atoms with Crippen molar-refractivity contribution in [3.63, 3.8) is 0 Å². The summed E-state index contributed by atoms with van der Waals surface area (Å²) in [6.07, 6.45) is 0.859. The molecule has 0 radical (unpaired) electrons. The fraction of sp³-hybridized carbons (Fsp3) is 0.450. The summed E-state index contributed by atoms with van der Waals surface area (Å²) < 4.78 is 5.32. The van der Waals surface area contributed by atoms with Gasteiger partial charge in [0.1, 0.15) is 5.75 Å². The van der Waals surface area contributed by atoms with Gasteiger partial charge in [-0.05, 0) is 24.6 Å². The first-order valence-electron chi connectivity index (χ1n) is 9.58. The predicted molar refractivity (Wildman–Crippen MR) is 104 cm³/mol. The van der Waals surface area contributed by atoms with E-state index in [0.29, 0.717) is 49.7 Å². The molecule has 2 aromatic rings. The van der Waals surface area contributed by atoms with Crippen LogP contribution < -0.4 is 10.1 Å². The van der Waals surface area contributed by atoms with Crippen LogP contribution in [0.5, 0.6) is 5.75 Å². The number of carbonyl (C=O) groups is 2. The quantitative estimate of drug-likeness (QED) is 0.824. The summed E-state index contributed by atoms with van der Waals surface area (Å²) in [5.74, 6) is 0.605. The monoisotopic (exact) mass is 383 g/mol. The van der Waals surface area contributed by atoms with E-state index in [1.807, 2.05) is 19.1 Å². The van der Waals surface area contributed by atoms with E-state index < -0.39 is 0 Å². The maximum absolute atomic E-state index is 12.9. The maximum Gasteiger partial charge on any atom is 0.274 e. The zero-order valence-corrected chi connectivity index (χ0v) is 16.2. The molecule has 2 aliphatic rings. The largest absolute Gasteiger partial charge is 0.496 e. The molecule has 28 heavy (non-hydrogen) atoms. The van der Waals surface area contributed by atoms with Gasteiger partial charge >= 0.3 is 0 Å². The Balaban J connectivity index is 1.41. The number of nitrogens with one attached hydrogen (secondary N) is 2.